The number of para-hydroxylation sites is 1. The summed E-state index contributed by atoms with van der Waals surface area (Å²) in [6, 6.07) is 22.1. The Morgan fingerprint density at radius 1 is 0.914 bits per heavy atom. The predicted octanol–water partition coefficient (Wildman–Crippen LogP) is 4.42. The zero-order valence-electron chi connectivity index (χ0n) is 19.2. The number of aryl methyl sites for hydroxylation is 1. The van der Waals surface area contributed by atoms with Crippen molar-refractivity contribution < 1.29 is 29.3 Å². The number of Topliss-reactive ketones (excluding diaryl/α,β-unsaturated/α-hetero) is 1. The second-order valence-electron chi connectivity index (χ2n) is 8.23. The van der Waals surface area contributed by atoms with Crippen LogP contribution in [0.25, 0.3) is 0 Å². The van der Waals surface area contributed by atoms with Crippen molar-refractivity contribution in [2.75, 3.05) is 12.0 Å². The van der Waals surface area contributed by atoms with Crippen LogP contribution in [0.1, 0.15) is 29.2 Å². The first kappa shape index (κ1) is 23.8. The highest BCUT2D eigenvalue weighted by molar-refractivity contribution is 6.16. The van der Waals surface area contributed by atoms with E-state index in [1.165, 1.54) is 12.0 Å². The maximum atomic E-state index is 13.4. The minimum absolute atomic E-state index is 0.0186. The molecule has 7 heteroatoms. The molecule has 1 aliphatic rings. The molecule has 1 aliphatic heterocycles. The van der Waals surface area contributed by atoms with E-state index in [1.54, 1.807) is 48.5 Å². The summed E-state index contributed by atoms with van der Waals surface area (Å²) < 4.78 is 5.51. The third-order valence-corrected chi connectivity index (χ3v) is 6.00. The number of benzene rings is 3. The second-order valence-corrected chi connectivity index (χ2v) is 8.23. The first-order valence-electron chi connectivity index (χ1n) is 11.2. The largest absolute Gasteiger partial charge is 0.503 e. The van der Waals surface area contributed by atoms with Gasteiger partial charge in [-0.25, -0.2) is 0 Å². The molecule has 7 nitrogen and oxygen atoms in total. The Kier molecular flexibility index (Phi) is 6.96. The van der Waals surface area contributed by atoms with Gasteiger partial charge in [-0.2, -0.15) is 0 Å². The first-order chi connectivity index (χ1) is 16.9. The topological polar surface area (TPSA) is 104 Å². The SMILES string of the molecule is COc1ccccc1C1C(C(=O)CCc2ccccc2)=C(O)C(=O)N1c1ccc(CC(=O)O)cc1. The molecule has 0 bridgehead atoms. The number of carboxylic acid groups (broad SMARTS) is 1. The van der Waals surface area contributed by atoms with E-state index in [1.807, 2.05) is 30.3 Å². The van der Waals surface area contributed by atoms with Gasteiger partial charge in [0.1, 0.15) is 5.75 Å². The highest BCUT2D eigenvalue weighted by atomic mass is 16.5. The number of rotatable bonds is 9. The summed E-state index contributed by atoms with van der Waals surface area (Å²) in [4.78, 5) is 39.1. The average Bonchev–Trinajstić information content (AvgIpc) is 3.13. The molecule has 35 heavy (non-hydrogen) atoms. The number of amides is 1. The standard InChI is InChI=1S/C28H25NO6/c1-35-23-10-6-5-9-21(23)26-25(22(30)16-13-18-7-3-2-4-8-18)27(33)28(34)29(26)20-14-11-19(12-15-20)17-24(31)32/h2-12,14-15,26,33H,13,16-17H2,1H3,(H,31,32). The van der Waals surface area contributed by atoms with Gasteiger partial charge in [-0.05, 0) is 35.7 Å². The zero-order chi connectivity index (χ0) is 24.9. The molecule has 2 N–H and O–H groups in total. The van der Waals surface area contributed by atoms with Crippen LogP contribution in [-0.2, 0) is 27.2 Å². The van der Waals surface area contributed by atoms with E-state index in [9.17, 15) is 19.5 Å². The average molecular weight is 472 g/mol. The number of ketones is 1. The number of aliphatic carboxylic acids is 1. The van der Waals surface area contributed by atoms with Crippen LogP contribution in [-0.4, -0.2) is 35.0 Å². The fourth-order valence-electron chi connectivity index (χ4n) is 4.33. The lowest BCUT2D eigenvalue weighted by molar-refractivity contribution is -0.136. The van der Waals surface area contributed by atoms with Gasteiger partial charge in [-0.15, -0.1) is 0 Å². The van der Waals surface area contributed by atoms with E-state index in [2.05, 4.69) is 0 Å². The van der Waals surface area contributed by atoms with Crippen molar-refractivity contribution in [2.24, 2.45) is 0 Å². The molecule has 0 saturated heterocycles. The minimum atomic E-state index is -0.965. The van der Waals surface area contributed by atoms with Crippen LogP contribution in [0.5, 0.6) is 5.75 Å². The van der Waals surface area contributed by atoms with Crippen molar-refractivity contribution in [2.45, 2.75) is 25.3 Å². The Balaban J connectivity index is 1.73. The summed E-state index contributed by atoms with van der Waals surface area (Å²) >= 11 is 0. The van der Waals surface area contributed by atoms with Gasteiger partial charge in [0.2, 0.25) is 0 Å². The number of anilines is 1. The van der Waals surface area contributed by atoms with Crippen molar-refractivity contribution in [3.8, 4) is 5.75 Å². The Morgan fingerprint density at radius 3 is 2.23 bits per heavy atom. The Bertz CT molecular complexity index is 1280. The molecule has 1 amide bonds. The molecule has 0 aromatic heterocycles. The van der Waals surface area contributed by atoms with Crippen LogP contribution in [0.2, 0.25) is 0 Å². The number of carbonyl (C=O) groups is 3. The lowest BCUT2D eigenvalue weighted by Gasteiger charge is -2.28. The van der Waals surface area contributed by atoms with Crippen LogP contribution in [0.4, 0.5) is 5.69 Å². The van der Waals surface area contributed by atoms with Crippen LogP contribution in [0, 0.1) is 0 Å². The number of methoxy groups -OCH3 is 1. The predicted molar refractivity (Wildman–Crippen MR) is 130 cm³/mol. The summed E-state index contributed by atoms with van der Waals surface area (Å²) in [5, 5.41) is 19.9. The molecule has 1 unspecified atom stereocenters. The number of ether oxygens (including phenoxy) is 1. The normalized spacial score (nSPS) is 15.4. The third-order valence-electron chi connectivity index (χ3n) is 6.00. The van der Waals surface area contributed by atoms with Crippen molar-refractivity contribution in [1.29, 1.82) is 0 Å². The van der Waals surface area contributed by atoms with Crippen molar-refractivity contribution in [3.05, 3.63) is 107 Å². The van der Waals surface area contributed by atoms with Gasteiger partial charge in [0.05, 0.1) is 25.1 Å². The number of hydrogen-bond acceptors (Lipinski definition) is 5. The zero-order valence-corrected chi connectivity index (χ0v) is 19.2. The number of aliphatic hydroxyl groups is 1. The quantitative estimate of drug-likeness (QED) is 0.479. The molecule has 3 aromatic rings. The number of carbonyl (C=O) groups excluding carboxylic acids is 2. The molecule has 0 aliphatic carbocycles. The molecule has 1 atom stereocenters. The maximum absolute atomic E-state index is 13.4. The van der Waals surface area contributed by atoms with Crippen molar-refractivity contribution in [1.82, 2.24) is 0 Å². The van der Waals surface area contributed by atoms with E-state index in [-0.39, 0.29) is 24.2 Å². The van der Waals surface area contributed by atoms with Gasteiger partial charge >= 0.3 is 5.97 Å². The summed E-state index contributed by atoms with van der Waals surface area (Å²) in [5.41, 5.74) is 2.55. The smallest absolute Gasteiger partial charge is 0.307 e. The first-order valence-corrected chi connectivity index (χ1v) is 11.2. The van der Waals surface area contributed by atoms with Crippen molar-refractivity contribution >= 4 is 23.3 Å². The lowest BCUT2D eigenvalue weighted by atomic mass is 9.92. The van der Waals surface area contributed by atoms with Gasteiger partial charge in [-0.1, -0.05) is 60.7 Å². The van der Waals surface area contributed by atoms with Gasteiger partial charge in [0, 0.05) is 17.7 Å². The van der Waals surface area contributed by atoms with E-state index < -0.39 is 23.7 Å². The van der Waals surface area contributed by atoms with Gasteiger partial charge in [0.25, 0.3) is 5.91 Å². The molecule has 1 heterocycles. The molecule has 0 saturated carbocycles. The maximum Gasteiger partial charge on any atom is 0.307 e. The third kappa shape index (κ3) is 4.94. The molecule has 178 valence electrons. The summed E-state index contributed by atoms with van der Waals surface area (Å²) in [6.07, 6.45) is 0.428. The molecule has 0 fully saturated rings. The Labute approximate surface area is 202 Å². The van der Waals surface area contributed by atoms with E-state index in [4.69, 9.17) is 9.84 Å². The fourth-order valence-corrected chi connectivity index (χ4v) is 4.33. The Morgan fingerprint density at radius 2 is 1.57 bits per heavy atom. The fraction of sp³-hybridized carbons (Fsp3) is 0.179. The van der Waals surface area contributed by atoms with Gasteiger partial charge < -0.3 is 14.9 Å². The summed E-state index contributed by atoms with van der Waals surface area (Å²) in [5.74, 6) is -2.11. The van der Waals surface area contributed by atoms with Gasteiger partial charge in [0.15, 0.2) is 11.5 Å². The minimum Gasteiger partial charge on any atom is -0.503 e. The molecule has 0 spiro atoms. The monoisotopic (exact) mass is 471 g/mol. The number of hydrogen-bond donors (Lipinski definition) is 2. The Hall–Kier alpha value is -4.39. The van der Waals surface area contributed by atoms with Gasteiger partial charge in [-0.3, -0.25) is 19.3 Å². The molecule has 0 radical (unpaired) electrons. The molecule has 3 aromatic carbocycles. The van der Waals surface area contributed by atoms with Crippen LogP contribution in [0.3, 0.4) is 0 Å². The number of carboxylic acids is 1. The highest BCUT2D eigenvalue weighted by Gasteiger charge is 2.45. The van der Waals surface area contributed by atoms with Crippen LogP contribution in [0.15, 0.2) is 90.2 Å². The van der Waals surface area contributed by atoms with E-state index in [0.717, 1.165) is 5.56 Å². The number of nitrogens with zero attached hydrogens (tertiary/aromatic N) is 1. The van der Waals surface area contributed by atoms with Crippen LogP contribution < -0.4 is 9.64 Å². The molecular formula is C28H25NO6. The van der Waals surface area contributed by atoms with E-state index >= 15 is 0 Å². The lowest BCUT2D eigenvalue weighted by Crippen LogP contribution is -2.31. The second kappa shape index (κ2) is 10.3. The molecule has 4 rings (SSSR count). The summed E-state index contributed by atoms with van der Waals surface area (Å²) in [7, 11) is 1.50. The molecular weight excluding hydrogens is 446 g/mol. The highest BCUT2D eigenvalue weighted by Crippen LogP contribution is 2.44. The summed E-state index contributed by atoms with van der Waals surface area (Å²) in [6.45, 7) is 0. The van der Waals surface area contributed by atoms with Crippen molar-refractivity contribution in [3.63, 3.8) is 0 Å². The van der Waals surface area contributed by atoms with Crippen LogP contribution >= 0.6 is 0 Å². The number of aliphatic hydroxyl groups excluding tert-OH is 1. The van der Waals surface area contributed by atoms with E-state index in [0.29, 0.717) is 29.0 Å².